The average Bonchev–Trinajstić information content (AvgIpc) is 2.28. The molecule has 0 unspecified atom stereocenters. The quantitative estimate of drug-likeness (QED) is 0.464. The van der Waals surface area contributed by atoms with Crippen LogP contribution in [0.1, 0.15) is 18.9 Å². The van der Waals surface area contributed by atoms with Crippen LogP contribution < -0.4 is 16.2 Å². The highest BCUT2D eigenvalue weighted by Crippen LogP contribution is 2.25. The molecule has 0 bridgehead atoms. The number of nitrogens with two attached hydrogens (primary N) is 2. The van der Waals surface area contributed by atoms with E-state index in [2.05, 4.69) is 4.99 Å². The second-order valence-electron chi connectivity index (χ2n) is 3.61. The Bertz CT molecular complexity index is 389. The molecule has 0 aliphatic heterocycles. The Labute approximate surface area is 107 Å². The van der Waals surface area contributed by atoms with Gasteiger partial charge in [-0.3, -0.25) is 4.99 Å². The Morgan fingerprint density at radius 3 is 2.76 bits per heavy atom. The topological polar surface area (TPSA) is 73.6 Å². The van der Waals surface area contributed by atoms with Crippen molar-refractivity contribution in [1.29, 1.82) is 0 Å². The molecule has 1 aromatic rings. The number of guanidine groups is 1. The molecule has 0 heterocycles. The van der Waals surface area contributed by atoms with Crippen LogP contribution in [0.2, 0.25) is 5.02 Å². The molecule has 0 fully saturated rings. The van der Waals surface area contributed by atoms with Crippen molar-refractivity contribution in [1.82, 2.24) is 0 Å². The molecule has 0 amide bonds. The van der Waals surface area contributed by atoms with Crippen LogP contribution in [0.4, 0.5) is 0 Å². The van der Waals surface area contributed by atoms with Gasteiger partial charge in [-0.05, 0) is 37.5 Å². The Kier molecular flexibility index (Phi) is 5.63. The van der Waals surface area contributed by atoms with E-state index in [1.54, 1.807) is 0 Å². The van der Waals surface area contributed by atoms with Gasteiger partial charge in [0, 0.05) is 6.54 Å². The molecule has 0 radical (unpaired) electrons. The number of benzene rings is 1. The fourth-order valence-corrected chi connectivity index (χ4v) is 1.72. The van der Waals surface area contributed by atoms with Gasteiger partial charge in [0.25, 0.3) is 0 Å². The van der Waals surface area contributed by atoms with E-state index in [1.807, 2.05) is 25.1 Å². The number of halogens is 1. The van der Waals surface area contributed by atoms with Gasteiger partial charge in [0.05, 0.1) is 11.6 Å². The fourth-order valence-electron chi connectivity index (χ4n) is 1.46. The van der Waals surface area contributed by atoms with Gasteiger partial charge >= 0.3 is 0 Å². The second kappa shape index (κ2) is 7.01. The molecule has 5 heteroatoms. The minimum Gasteiger partial charge on any atom is -0.492 e. The predicted octanol–water partition coefficient (Wildman–Crippen LogP) is 1.94. The van der Waals surface area contributed by atoms with Crippen molar-refractivity contribution in [3.8, 4) is 5.75 Å². The van der Waals surface area contributed by atoms with Gasteiger partial charge in [-0.25, -0.2) is 0 Å². The first-order valence-electron chi connectivity index (χ1n) is 5.60. The molecule has 0 aliphatic carbocycles. The largest absolute Gasteiger partial charge is 0.492 e. The van der Waals surface area contributed by atoms with Crippen LogP contribution in [0.3, 0.4) is 0 Å². The number of hydrogen-bond acceptors (Lipinski definition) is 2. The summed E-state index contributed by atoms with van der Waals surface area (Å²) in [7, 11) is 0. The molecule has 0 spiro atoms. The molecule has 0 aromatic heterocycles. The lowest BCUT2D eigenvalue weighted by molar-refractivity contribution is 0.340. The van der Waals surface area contributed by atoms with Gasteiger partial charge < -0.3 is 16.2 Å². The minimum atomic E-state index is 0.134. The number of aliphatic imine (C=N–C) groups is 1. The highest BCUT2D eigenvalue weighted by atomic mass is 35.5. The van der Waals surface area contributed by atoms with Gasteiger partial charge in [0.2, 0.25) is 0 Å². The number of aryl methyl sites for hydroxylation is 1. The summed E-state index contributed by atoms with van der Waals surface area (Å²) in [5.74, 6) is 0.858. The van der Waals surface area contributed by atoms with Gasteiger partial charge in [0.1, 0.15) is 5.75 Å². The van der Waals surface area contributed by atoms with Gasteiger partial charge in [-0.2, -0.15) is 0 Å². The lowest BCUT2D eigenvalue weighted by atomic mass is 10.1. The van der Waals surface area contributed by atoms with E-state index in [9.17, 15) is 0 Å². The maximum absolute atomic E-state index is 6.08. The SMILES string of the molecule is CCOc1ccc(CCCN=C(N)N)cc1Cl. The summed E-state index contributed by atoms with van der Waals surface area (Å²) in [6.07, 6.45) is 1.78. The lowest BCUT2D eigenvalue weighted by Crippen LogP contribution is -2.23. The molecular formula is C12H18ClN3O. The van der Waals surface area contributed by atoms with Crippen LogP contribution in [0, 0.1) is 0 Å². The highest BCUT2D eigenvalue weighted by molar-refractivity contribution is 6.32. The number of ether oxygens (including phenoxy) is 1. The van der Waals surface area contributed by atoms with Crippen molar-refractivity contribution in [3.63, 3.8) is 0 Å². The fraction of sp³-hybridized carbons (Fsp3) is 0.417. The van der Waals surface area contributed by atoms with E-state index in [0.29, 0.717) is 18.2 Å². The maximum atomic E-state index is 6.08. The molecule has 0 saturated carbocycles. The zero-order chi connectivity index (χ0) is 12.7. The van der Waals surface area contributed by atoms with Crippen molar-refractivity contribution >= 4 is 17.6 Å². The summed E-state index contributed by atoms with van der Waals surface area (Å²) < 4.78 is 5.36. The summed E-state index contributed by atoms with van der Waals surface area (Å²) in [6, 6.07) is 5.82. The average molecular weight is 256 g/mol. The first-order chi connectivity index (χ1) is 8.13. The maximum Gasteiger partial charge on any atom is 0.185 e. The Balaban J connectivity index is 2.50. The summed E-state index contributed by atoms with van der Waals surface area (Å²) in [5.41, 5.74) is 11.6. The molecule has 0 aliphatic rings. The van der Waals surface area contributed by atoms with Crippen molar-refractivity contribution in [2.24, 2.45) is 16.5 Å². The van der Waals surface area contributed by atoms with Gasteiger partial charge in [0.15, 0.2) is 5.96 Å². The van der Waals surface area contributed by atoms with Crippen molar-refractivity contribution < 1.29 is 4.74 Å². The summed E-state index contributed by atoms with van der Waals surface area (Å²) in [5, 5.41) is 0.645. The van der Waals surface area contributed by atoms with Crippen LogP contribution in [0.5, 0.6) is 5.75 Å². The highest BCUT2D eigenvalue weighted by Gasteiger charge is 2.02. The lowest BCUT2D eigenvalue weighted by Gasteiger charge is -2.07. The number of hydrogen-bond donors (Lipinski definition) is 2. The van der Waals surface area contributed by atoms with E-state index in [-0.39, 0.29) is 5.96 Å². The molecular weight excluding hydrogens is 238 g/mol. The normalized spacial score (nSPS) is 10.0. The molecule has 94 valence electrons. The molecule has 1 rings (SSSR count). The molecule has 0 saturated heterocycles. The molecule has 17 heavy (non-hydrogen) atoms. The van der Waals surface area contributed by atoms with E-state index in [4.69, 9.17) is 27.8 Å². The first-order valence-corrected chi connectivity index (χ1v) is 5.98. The van der Waals surface area contributed by atoms with Crippen LogP contribution in [0.25, 0.3) is 0 Å². The van der Waals surface area contributed by atoms with Crippen LogP contribution in [0.15, 0.2) is 23.2 Å². The molecule has 4 N–H and O–H groups in total. The number of rotatable bonds is 6. The van der Waals surface area contributed by atoms with E-state index in [1.165, 1.54) is 0 Å². The zero-order valence-electron chi connectivity index (χ0n) is 9.95. The van der Waals surface area contributed by atoms with Gasteiger partial charge in [-0.15, -0.1) is 0 Å². The predicted molar refractivity (Wildman–Crippen MR) is 71.6 cm³/mol. The third-order valence-electron chi connectivity index (χ3n) is 2.21. The third kappa shape index (κ3) is 4.95. The minimum absolute atomic E-state index is 0.134. The summed E-state index contributed by atoms with van der Waals surface area (Å²) in [6.45, 7) is 3.18. The smallest absolute Gasteiger partial charge is 0.185 e. The summed E-state index contributed by atoms with van der Waals surface area (Å²) >= 11 is 6.08. The monoisotopic (exact) mass is 255 g/mol. The number of nitrogens with zero attached hydrogens (tertiary/aromatic N) is 1. The van der Waals surface area contributed by atoms with Crippen molar-refractivity contribution in [2.45, 2.75) is 19.8 Å². The molecule has 4 nitrogen and oxygen atoms in total. The zero-order valence-corrected chi connectivity index (χ0v) is 10.7. The Morgan fingerprint density at radius 1 is 1.41 bits per heavy atom. The van der Waals surface area contributed by atoms with Crippen LogP contribution in [-0.2, 0) is 6.42 Å². The van der Waals surface area contributed by atoms with E-state index < -0.39 is 0 Å². The van der Waals surface area contributed by atoms with E-state index >= 15 is 0 Å². The second-order valence-corrected chi connectivity index (χ2v) is 4.02. The van der Waals surface area contributed by atoms with Crippen molar-refractivity contribution in [2.75, 3.05) is 13.2 Å². The molecule has 0 atom stereocenters. The van der Waals surface area contributed by atoms with Gasteiger partial charge in [-0.1, -0.05) is 17.7 Å². The third-order valence-corrected chi connectivity index (χ3v) is 2.51. The van der Waals surface area contributed by atoms with Crippen LogP contribution in [-0.4, -0.2) is 19.1 Å². The molecule has 1 aromatic carbocycles. The Hall–Kier alpha value is -1.42. The standard InChI is InChI=1S/C12H18ClN3O/c1-2-17-11-6-5-9(8-10(11)13)4-3-7-16-12(14)15/h5-6,8H,2-4,7H2,1H3,(H4,14,15,16). The van der Waals surface area contributed by atoms with Crippen LogP contribution >= 0.6 is 11.6 Å². The van der Waals surface area contributed by atoms with E-state index in [0.717, 1.165) is 24.2 Å². The van der Waals surface area contributed by atoms with Crippen molar-refractivity contribution in [3.05, 3.63) is 28.8 Å². The summed E-state index contributed by atoms with van der Waals surface area (Å²) in [4.78, 5) is 3.92. The first kappa shape index (κ1) is 13.6. The Morgan fingerprint density at radius 2 is 2.18 bits per heavy atom.